The summed E-state index contributed by atoms with van der Waals surface area (Å²) in [6.07, 6.45) is 0. The van der Waals surface area contributed by atoms with Gasteiger partial charge in [-0.1, -0.05) is 23.1 Å². The van der Waals surface area contributed by atoms with Crippen molar-refractivity contribution in [3.63, 3.8) is 0 Å². The molecule has 5 nitrogen and oxygen atoms in total. The average molecular weight is 360 g/mol. The van der Waals surface area contributed by atoms with Crippen LogP contribution >= 0.6 is 39.0 Å². The van der Waals surface area contributed by atoms with Crippen molar-refractivity contribution >= 4 is 50.1 Å². The van der Waals surface area contributed by atoms with E-state index in [0.29, 0.717) is 0 Å². The van der Waals surface area contributed by atoms with E-state index < -0.39 is 5.97 Å². The first-order valence-corrected chi connectivity index (χ1v) is 7.61. The molecule has 8 heteroatoms. The first-order valence-electron chi connectivity index (χ1n) is 5.19. The van der Waals surface area contributed by atoms with Crippen molar-refractivity contribution in [1.82, 2.24) is 10.2 Å². The van der Waals surface area contributed by atoms with Gasteiger partial charge in [-0.2, -0.15) is 0 Å². The van der Waals surface area contributed by atoms with Crippen molar-refractivity contribution < 1.29 is 9.90 Å². The van der Waals surface area contributed by atoms with Gasteiger partial charge in [-0.25, -0.2) is 4.79 Å². The van der Waals surface area contributed by atoms with Gasteiger partial charge in [0.15, 0.2) is 4.34 Å². The monoisotopic (exact) mass is 359 g/mol. The summed E-state index contributed by atoms with van der Waals surface area (Å²) in [5.74, 6) is -0.942. The molecule has 1 N–H and O–H groups in total. The smallest absolute Gasteiger partial charge is 0.335 e. The number of carbonyl (C=O) groups is 1. The Morgan fingerprint density at radius 1 is 1.42 bits per heavy atom. The number of rotatable bonds is 4. The highest BCUT2D eigenvalue weighted by atomic mass is 79.9. The third kappa shape index (κ3) is 3.46. The van der Waals surface area contributed by atoms with Gasteiger partial charge < -0.3 is 10.0 Å². The van der Waals surface area contributed by atoms with Crippen molar-refractivity contribution in [2.24, 2.45) is 0 Å². The summed E-state index contributed by atoms with van der Waals surface area (Å²) in [4.78, 5) is 13.6. The number of aromatic carboxylic acids is 1. The van der Waals surface area contributed by atoms with Crippen LogP contribution in [0.1, 0.15) is 10.4 Å². The lowest BCUT2D eigenvalue weighted by Gasteiger charge is -2.04. The lowest BCUT2D eigenvalue weighted by atomic mass is 10.2. The maximum atomic E-state index is 10.8. The lowest BCUT2D eigenvalue weighted by molar-refractivity contribution is 0.0696. The van der Waals surface area contributed by atoms with Crippen LogP contribution in [0.3, 0.4) is 0 Å². The summed E-state index contributed by atoms with van der Waals surface area (Å²) < 4.78 is 1.55. The lowest BCUT2D eigenvalue weighted by Crippen LogP contribution is -2.07. The number of benzene rings is 1. The number of carboxylic acids is 1. The highest BCUT2D eigenvalue weighted by Gasteiger charge is 2.11. The van der Waals surface area contributed by atoms with Crippen LogP contribution in [0.4, 0.5) is 5.13 Å². The Hall–Kier alpha value is -1.12. The maximum absolute atomic E-state index is 10.8. The molecule has 0 unspecified atom stereocenters. The summed E-state index contributed by atoms with van der Waals surface area (Å²) in [5.41, 5.74) is 0.252. The van der Waals surface area contributed by atoms with E-state index in [9.17, 15) is 4.79 Å². The Balaban J connectivity index is 2.20. The zero-order chi connectivity index (χ0) is 14.0. The number of carboxylic acid groups (broad SMARTS) is 1. The molecule has 1 heterocycles. The topological polar surface area (TPSA) is 66.3 Å². The molecule has 2 aromatic rings. The molecule has 0 atom stereocenters. The van der Waals surface area contributed by atoms with Gasteiger partial charge in [-0.3, -0.25) is 0 Å². The number of nitrogens with zero attached hydrogens (tertiary/aromatic N) is 3. The van der Waals surface area contributed by atoms with Gasteiger partial charge in [-0.15, -0.1) is 10.2 Å². The molecule has 1 aromatic carbocycles. The molecule has 0 aliphatic heterocycles. The first kappa shape index (κ1) is 14.3. The van der Waals surface area contributed by atoms with E-state index in [1.165, 1.54) is 23.1 Å². The minimum Gasteiger partial charge on any atom is -0.478 e. The second kappa shape index (κ2) is 5.89. The maximum Gasteiger partial charge on any atom is 0.335 e. The fraction of sp³-hybridized carbons (Fsp3) is 0.182. The molecule has 100 valence electrons. The van der Waals surface area contributed by atoms with Crippen molar-refractivity contribution in [3.05, 3.63) is 28.2 Å². The number of aromatic nitrogens is 2. The van der Waals surface area contributed by atoms with Crippen LogP contribution in [-0.4, -0.2) is 35.4 Å². The molecule has 0 bridgehead atoms. The number of hydrogen-bond acceptors (Lipinski definition) is 6. The largest absolute Gasteiger partial charge is 0.478 e. The van der Waals surface area contributed by atoms with E-state index in [2.05, 4.69) is 26.1 Å². The SMILES string of the molecule is CN(C)c1nnc(Sc2ccc(C(=O)O)cc2Br)s1. The van der Waals surface area contributed by atoms with Crippen molar-refractivity contribution in [2.75, 3.05) is 19.0 Å². The predicted octanol–water partition coefficient (Wildman–Crippen LogP) is 3.22. The van der Waals surface area contributed by atoms with E-state index >= 15 is 0 Å². The van der Waals surface area contributed by atoms with E-state index in [-0.39, 0.29) is 5.56 Å². The minimum atomic E-state index is -0.942. The van der Waals surface area contributed by atoms with Gasteiger partial charge in [0.25, 0.3) is 0 Å². The zero-order valence-electron chi connectivity index (χ0n) is 10.1. The van der Waals surface area contributed by atoms with Crippen LogP contribution in [0, 0.1) is 0 Å². The van der Waals surface area contributed by atoms with Crippen LogP contribution in [0.15, 0.2) is 31.9 Å². The molecule has 2 rings (SSSR count). The Kier molecular flexibility index (Phi) is 4.43. The quantitative estimate of drug-likeness (QED) is 0.903. The van der Waals surface area contributed by atoms with Crippen LogP contribution in [0.25, 0.3) is 0 Å². The van der Waals surface area contributed by atoms with Gasteiger partial charge in [0.1, 0.15) is 0 Å². The number of halogens is 1. The highest BCUT2D eigenvalue weighted by Crippen LogP contribution is 2.36. The molecule has 0 aliphatic rings. The fourth-order valence-electron chi connectivity index (χ4n) is 1.24. The molecule has 0 radical (unpaired) electrons. The molecule has 0 saturated carbocycles. The summed E-state index contributed by atoms with van der Waals surface area (Å²) in [5, 5.41) is 17.9. The van der Waals surface area contributed by atoms with E-state index in [1.54, 1.807) is 18.2 Å². The second-order valence-corrected chi connectivity index (χ2v) is 6.90. The Morgan fingerprint density at radius 3 is 2.68 bits per heavy atom. The molecule has 0 saturated heterocycles. The van der Waals surface area contributed by atoms with E-state index in [4.69, 9.17) is 5.11 Å². The van der Waals surface area contributed by atoms with Gasteiger partial charge in [-0.05, 0) is 34.1 Å². The third-order valence-electron chi connectivity index (χ3n) is 2.15. The van der Waals surface area contributed by atoms with Crippen molar-refractivity contribution in [1.29, 1.82) is 0 Å². The molecule has 19 heavy (non-hydrogen) atoms. The molecular formula is C11H10BrN3O2S2. The summed E-state index contributed by atoms with van der Waals surface area (Å²) in [6.45, 7) is 0. The normalized spacial score (nSPS) is 10.5. The minimum absolute atomic E-state index is 0.252. The number of hydrogen-bond donors (Lipinski definition) is 1. The number of anilines is 1. The Labute approximate surface area is 126 Å². The second-order valence-electron chi connectivity index (χ2n) is 3.80. The van der Waals surface area contributed by atoms with E-state index in [0.717, 1.165) is 18.8 Å². The fourth-order valence-corrected chi connectivity index (χ4v) is 3.58. The van der Waals surface area contributed by atoms with Crippen LogP contribution in [0.5, 0.6) is 0 Å². The van der Waals surface area contributed by atoms with Gasteiger partial charge >= 0.3 is 5.97 Å². The summed E-state index contributed by atoms with van der Waals surface area (Å²) in [7, 11) is 3.82. The molecule has 0 amide bonds. The van der Waals surface area contributed by atoms with Crippen LogP contribution in [-0.2, 0) is 0 Å². The summed E-state index contributed by atoms with van der Waals surface area (Å²) in [6, 6.07) is 4.91. The van der Waals surface area contributed by atoms with Crippen LogP contribution < -0.4 is 4.90 Å². The Morgan fingerprint density at radius 2 is 2.16 bits per heavy atom. The summed E-state index contributed by atoms with van der Waals surface area (Å²) >= 11 is 6.31. The van der Waals surface area contributed by atoms with E-state index in [1.807, 2.05) is 19.0 Å². The molecule has 1 aromatic heterocycles. The predicted molar refractivity (Wildman–Crippen MR) is 79.5 cm³/mol. The van der Waals surface area contributed by atoms with Gasteiger partial charge in [0.2, 0.25) is 5.13 Å². The molecule has 0 aliphatic carbocycles. The van der Waals surface area contributed by atoms with Gasteiger partial charge in [0.05, 0.1) is 5.56 Å². The van der Waals surface area contributed by atoms with Crippen LogP contribution in [0.2, 0.25) is 0 Å². The Bertz CT molecular complexity index is 616. The highest BCUT2D eigenvalue weighted by molar-refractivity contribution is 9.10. The average Bonchev–Trinajstić information content (AvgIpc) is 2.80. The zero-order valence-corrected chi connectivity index (χ0v) is 13.3. The molecule has 0 spiro atoms. The standard InChI is InChI=1S/C11H10BrN3O2S2/c1-15(2)10-13-14-11(19-10)18-8-4-3-6(9(16)17)5-7(8)12/h3-5H,1-2H3,(H,16,17). The first-order chi connectivity index (χ1) is 8.97. The van der Waals surface area contributed by atoms with Crippen molar-refractivity contribution in [2.45, 2.75) is 9.24 Å². The third-order valence-corrected chi connectivity index (χ3v) is 5.29. The van der Waals surface area contributed by atoms with Crippen molar-refractivity contribution in [3.8, 4) is 0 Å². The van der Waals surface area contributed by atoms with Gasteiger partial charge in [0, 0.05) is 23.5 Å². The molecular weight excluding hydrogens is 350 g/mol. The molecule has 0 fully saturated rings.